The van der Waals surface area contributed by atoms with Gasteiger partial charge in [0.2, 0.25) is 5.43 Å². The molecule has 0 radical (unpaired) electrons. The molecule has 0 spiro atoms. The van der Waals surface area contributed by atoms with Crippen LogP contribution in [0.4, 0.5) is 0 Å². The predicted molar refractivity (Wildman–Crippen MR) is 199 cm³/mol. The molecule has 8 bridgehead atoms. The molecule has 6 aromatic rings. The van der Waals surface area contributed by atoms with Crippen molar-refractivity contribution >= 4 is 69.0 Å². The van der Waals surface area contributed by atoms with Crippen LogP contribution >= 0.6 is 22.6 Å². The molecule has 5 heterocycles. The summed E-state index contributed by atoms with van der Waals surface area (Å²) in [5, 5.41) is 0. The normalized spacial score (nSPS) is 12.3. The molecule has 7 nitrogen and oxygen atoms in total. The maximum atomic E-state index is 13.3. The lowest BCUT2D eigenvalue weighted by atomic mass is 9.98. The quantitative estimate of drug-likeness (QED) is 0.137. The van der Waals surface area contributed by atoms with Gasteiger partial charge in [-0.15, -0.1) is 0 Å². The van der Waals surface area contributed by atoms with Crippen molar-refractivity contribution in [3.8, 4) is 39.1 Å². The smallest absolute Gasteiger partial charge is 0.268 e. The molecule has 228 valence electrons. The van der Waals surface area contributed by atoms with Gasteiger partial charge in [0.25, 0.3) is 5.43 Å². The standard InChI is InChI=1S/C39H27IN4O3/c1-21(2)47-39-35(37(45)38(39)46)34-28-15-13-24(41-28)32(22-9-5-3-6-10-22)26-17-19-30(43-26)36(40)31-20-18-27(44-31)33(23-11-7-4-8-12-23)25-14-16-29(34)42-25/h3-21,41,44H,1-2H3. The van der Waals surface area contributed by atoms with Crippen molar-refractivity contribution in [3.05, 3.63) is 132 Å². The van der Waals surface area contributed by atoms with E-state index < -0.39 is 10.9 Å². The lowest BCUT2D eigenvalue weighted by molar-refractivity contribution is 0.238. The van der Waals surface area contributed by atoms with Crippen LogP contribution in [0.15, 0.2) is 94.5 Å². The Morgan fingerprint density at radius 3 is 1.55 bits per heavy atom. The second-order valence-corrected chi connectivity index (χ2v) is 12.8. The highest BCUT2D eigenvalue weighted by Crippen LogP contribution is 2.38. The molecular formula is C39H27IN4O3. The molecule has 2 aliphatic heterocycles. The molecule has 8 heteroatoms. The third kappa shape index (κ3) is 4.96. The fourth-order valence-corrected chi connectivity index (χ4v) is 6.81. The summed E-state index contributed by atoms with van der Waals surface area (Å²) in [5.41, 5.74) is 9.52. The number of aromatic amines is 2. The number of ether oxygens (including phenoxy) is 1. The first-order valence-electron chi connectivity index (χ1n) is 15.3. The second-order valence-electron chi connectivity index (χ2n) is 11.7. The average molecular weight is 727 g/mol. The minimum atomic E-state index is -0.627. The van der Waals surface area contributed by atoms with Gasteiger partial charge >= 0.3 is 0 Å². The minimum Gasteiger partial charge on any atom is -0.486 e. The van der Waals surface area contributed by atoms with Gasteiger partial charge < -0.3 is 14.7 Å². The van der Waals surface area contributed by atoms with Crippen molar-refractivity contribution < 1.29 is 4.74 Å². The Hall–Kier alpha value is -5.35. The van der Waals surface area contributed by atoms with Gasteiger partial charge in [0, 0.05) is 33.2 Å². The number of benzene rings is 2. The number of fused-ring (bicyclic) bond motifs is 8. The molecule has 3 aromatic heterocycles. The minimum absolute atomic E-state index is 0.0658. The largest absolute Gasteiger partial charge is 0.486 e. The van der Waals surface area contributed by atoms with E-state index in [0.29, 0.717) is 16.8 Å². The fraction of sp³-hybridized carbons (Fsp3) is 0.0769. The number of hydrogen-bond acceptors (Lipinski definition) is 5. The van der Waals surface area contributed by atoms with E-state index in [1.54, 1.807) is 0 Å². The SMILES string of the molecule is CC(C)Oc1c(-c2c3nc(c(-c4ccccc4)c4ccc([nH]4)c(I)c4nc(c(-c5ccccc5)c5ccc2[nH]5)C=C4)C=C3)c(=O)c1=O. The first kappa shape index (κ1) is 29.1. The van der Waals surface area contributed by atoms with Crippen LogP contribution in [0.3, 0.4) is 0 Å². The zero-order valence-electron chi connectivity index (χ0n) is 25.5. The van der Waals surface area contributed by atoms with Gasteiger partial charge in [0.1, 0.15) is 0 Å². The summed E-state index contributed by atoms with van der Waals surface area (Å²) in [6, 6.07) is 28.2. The molecule has 0 aliphatic carbocycles. The summed E-state index contributed by atoms with van der Waals surface area (Å²) in [4.78, 5) is 43.6. The van der Waals surface area contributed by atoms with Crippen LogP contribution in [-0.2, 0) is 0 Å². The monoisotopic (exact) mass is 726 g/mol. The highest BCUT2D eigenvalue weighted by atomic mass is 127. The van der Waals surface area contributed by atoms with Gasteiger partial charge in [0.05, 0.1) is 43.5 Å². The van der Waals surface area contributed by atoms with Crippen molar-refractivity contribution in [2.75, 3.05) is 0 Å². The topological polar surface area (TPSA) is 101 Å². The zero-order chi connectivity index (χ0) is 32.2. The van der Waals surface area contributed by atoms with E-state index >= 15 is 0 Å². The Kier molecular flexibility index (Phi) is 7.10. The van der Waals surface area contributed by atoms with E-state index in [4.69, 9.17) is 14.7 Å². The Balaban J connectivity index is 1.56. The Morgan fingerprint density at radius 2 is 1.00 bits per heavy atom. The van der Waals surface area contributed by atoms with Crippen molar-refractivity contribution in [1.29, 1.82) is 0 Å². The number of nitrogens with one attached hydrogen (secondary N) is 2. The van der Waals surface area contributed by atoms with Crippen LogP contribution in [0.25, 0.3) is 79.8 Å². The highest BCUT2D eigenvalue weighted by Gasteiger charge is 2.29. The third-order valence-electron chi connectivity index (χ3n) is 8.28. The van der Waals surface area contributed by atoms with Crippen LogP contribution in [0, 0.1) is 3.57 Å². The van der Waals surface area contributed by atoms with Crippen LogP contribution in [-0.4, -0.2) is 26.0 Å². The molecule has 0 unspecified atom stereocenters. The van der Waals surface area contributed by atoms with E-state index in [9.17, 15) is 9.59 Å². The molecule has 8 rings (SSSR count). The van der Waals surface area contributed by atoms with E-state index in [1.807, 2.05) is 86.7 Å². The fourth-order valence-electron chi connectivity index (χ4n) is 6.20. The molecule has 0 saturated carbocycles. The van der Waals surface area contributed by atoms with E-state index in [1.165, 1.54) is 0 Å². The lowest BCUT2D eigenvalue weighted by Gasteiger charge is -2.15. The molecular weight excluding hydrogens is 699 g/mol. The van der Waals surface area contributed by atoms with E-state index in [2.05, 4.69) is 69.0 Å². The first-order valence-corrected chi connectivity index (χ1v) is 16.4. The van der Waals surface area contributed by atoms with Gasteiger partial charge in [-0.3, -0.25) is 9.59 Å². The average Bonchev–Trinajstić information content (AvgIpc) is 3.92. The summed E-state index contributed by atoms with van der Waals surface area (Å²) in [6.45, 7) is 3.67. The highest BCUT2D eigenvalue weighted by molar-refractivity contribution is 14.1. The van der Waals surface area contributed by atoms with Crippen molar-refractivity contribution in [1.82, 2.24) is 19.9 Å². The summed E-state index contributed by atoms with van der Waals surface area (Å²) in [5.74, 6) is 0.0658. The third-order valence-corrected chi connectivity index (χ3v) is 9.42. The predicted octanol–water partition coefficient (Wildman–Crippen LogP) is 8.64. The summed E-state index contributed by atoms with van der Waals surface area (Å²) in [7, 11) is 0. The lowest BCUT2D eigenvalue weighted by Crippen LogP contribution is -2.36. The van der Waals surface area contributed by atoms with Crippen LogP contribution in [0.2, 0.25) is 0 Å². The summed E-state index contributed by atoms with van der Waals surface area (Å²) in [6.07, 6.45) is 7.62. The van der Waals surface area contributed by atoms with E-state index in [0.717, 1.165) is 59.5 Å². The van der Waals surface area contributed by atoms with Gasteiger partial charge in [-0.05, 0) is 96.1 Å². The number of halogens is 1. The van der Waals surface area contributed by atoms with Gasteiger partial charge in [0.15, 0.2) is 5.75 Å². The Bertz CT molecular complexity index is 2480. The van der Waals surface area contributed by atoms with Crippen LogP contribution < -0.4 is 15.6 Å². The molecule has 0 atom stereocenters. The molecule has 2 aliphatic rings. The molecule has 2 N–H and O–H groups in total. The van der Waals surface area contributed by atoms with Gasteiger partial charge in [-0.2, -0.15) is 0 Å². The summed E-state index contributed by atoms with van der Waals surface area (Å²) >= 11 is 2.35. The molecule has 0 fully saturated rings. The first-order chi connectivity index (χ1) is 22.9. The maximum Gasteiger partial charge on any atom is 0.268 e. The van der Waals surface area contributed by atoms with Gasteiger partial charge in [-0.25, -0.2) is 9.97 Å². The number of nitrogens with zero attached hydrogens (tertiary/aromatic N) is 2. The van der Waals surface area contributed by atoms with Crippen LogP contribution in [0.1, 0.15) is 36.6 Å². The maximum absolute atomic E-state index is 13.3. The summed E-state index contributed by atoms with van der Waals surface area (Å²) < 4.78 is 6.91. The van der Waals surface area contributed by atoms with Gasteiger partial charge in [-0.1, -0.05) is 60.7 Å². The number of rotatable bonds is 5. The van der Waals surface area contributed by atoms with Crippen LogP contribution in [0.5, 0.6) is 5.75 Å². The second kappa shape index (κ2) is 11.5. The number of H-pyrrole nitrogens is 2. The molecule has 0 amide bonds. The molecule has 47 heavy (non-hydrogen) atoms. The number of hydrogen-bond donors (Lipinski definition) is 2. The zero-order valence-corrected chi connectivity index (χ0v) is 27.6. The Labute approximate surface area is 283 Å². The van der Waals surface area contributed by atoms with Crippen molar-refractivity contribution in [2.24, 2.45) is 0 Å². The molecule has 0 saturated heterocycles. The molecule has 3 aromatic carbocycles. The Morgan fingerprint density at radius 1 is 0.553 bits per heavy atom. The number of aromatic nitrogens is 4. The van der Waals surface area contributed by atoms with Crippen molar-refractivity contribution in [2.45, 2.75) is 20.0 Å². The van der Waals surface area contributed by atoms with Crippen molar-refractivity contribution in [3.63, 3.8) is 0 Å². The van der Waals surface area contributed by atoms with E-state index in [-0.39, 0.29) is 17.4 Å².